The molecule has 5 heteroatoms. The van der Waals surface area contributed by atoms with Gasteiger partial charge >= 0.3 is 0 Å². The van der Waals surface area contributed by atoms with Crippen molar-refractivity contribution in [3.63, 3.8) is 0 Å². The highest BCUT2D eigenvalue weighted by Crippen LogP contribution is 2.31. The summed E-state index contributed by atoms with van der Waals surface area (Å²) in [6.45, 7) is 4.18. The van der Waals surface area contributed by atoms with Crippen molar-refractivity contribution in [3.05, 3.63) is 27.4 Å². The summed E-state index contributed by atoms with van der Waals surface area (Å²) in [4.78, 5) is 2.42. The zero-order valence-electron chi connectivity index (χ0n) is 9.48. The second-order valence-corrected chi connectivity index (χ2v) is 5.48. The Morgan fingerprint density at radius 3 is 2.71 bits per heavy atom. The lowest BCUT2D eigenvalue weighted by Gasteiger charge is -2.16. The molecule has 0 atom stereocenters. The molecule has 0 saturated carbocycles. The van der Waals surface area contributed by atoms with E-state index in [0.717, 1.165) is 18.8 Å². The Bertz CT molecular complexity index is 371. The number of hydrogen-bond acceptors (Lipinski definition) is 2. The first kappa shape index (κ1) is 13.1. The maximum absolute atomic E-state index is 13.0. The molecule has 1 heterocycles. The molecule has 0 bridgehead atoms. The standard InChI is InChI=1S/C12H15BrClFN2/c13-10-7-9(15)8-11(14)12(10)16-3-6-17-4-1-2-5-17/h7-8,16H,1-6H2. The van der Waals surface area contributed by atoms with Gasteiger partial charge in [0.25, 0.3) is 0 Å². The molecular weight excluding hydrogens is 307 g/mol. The van der Waals surface area contributed by atoms with E-state index in [9.17, 15) is 4.39 Å². The van der Waals surface area contributed by atoms with E-state index in [1.807, 2.05) is 0 Å². The van der Waals surface area contributed by atoms with Gasteiger partial charge in [0.2, 0.25) is 0 Å². The number of benzene rings is 1. The molecule has 0 unspecified atom stereocenters. The predicted molar refractivity (Wildman–Crippen MR) is 73.3 cm³/mol. The van der Waals surface area contributed by atoms with E-state index in [0.29, 0.717) is 9.50 Å². The zero-order valence-corrected chi connectivity index (χ0v) is 11.8. The SMILES string of the molecule is Fc1cc(Cl)c(NCCN2CCCC2)c(Br)c1. The fraction of sp³-hybridized carbons (Fsp3) is 0.500. The van der Waals surface area contributed by atoms with Crippen LogP contribution in [0.4, 0.5) is 10.1 Å². The van der Waals surface area contributed by atoms with Crippen LogP contribution < -0.4 is 5.32 Å². The fourth-order valence-electron chi connectivity index (χ4n) is 2.06. The summed E-state index contributed by atoms with van der Waals surface area (Å²) in [5.41, 5.74) is 0.771. The highest BCUT2D eigenvalue weighted by atomic mass is 79.9. The van der Waals surface area contributed by atoms with Crippen molar-refractivity contribution in [2.45, 2.75) is 12.8 Å². The van der Waals surface area contributed by atoms with E-state index in [2.05, 4.69) is 26.1 Å². The second-order valence-electron chi connectivity index (χ2n) is 4.22. The van der Waals surface area contributed by atoms with Gasteiger partial charge < -0.3 is 10.2 Å². The minimum Gasteiger partial charge on any atom is -0.382 e. The van der Waals surface area contributed by atoms with Gasteiger partial charge in [0, 0.05) is 17.6 Å². The summed E-state index contributed by atoms with van der Waals surface area (Å²) in [7, 11) is 0. The number of rotatable bonds is 4. The van der Waals surface area contributed by atoms with Crippen molar-refractivity contribution in [1.82, 2.24) is 4.90 Å². The molecule has 17 heavy (non-hydrogen) atoms. The summed E-state index contributed by atoms with van der Waals surface area (Å²) >= 11 is 9.30. The molecule has 1 saturated heterocycles. The van der Waals surface area contributed by atoms with Gasteiger partial charge in [-0.2, -0.15) is 0 Å². The Balaban J connectivity index is 1.89. The number of nitrogens with one attached hydrogen (secondary N) is 1. The lowest BCUT2D eigenvalue weighted by Crippen LogP contribution is -2.26. The zero-order chi connectivity index (χ0) is 12.3. The van der Waals surface area contributed by atoms with Crippen molar-refractivity contribution < 1.29 is 4.39 Å². The van der Waals surface area contributed by atoms with Gasteiger partial charge in [-0.25, -0.2) is 4.39 Å². The Hall–Kier alpha value is -0.320. The van der Waals surface area contributed by atoms with Crippen LogP contribution >= 0.6 is 27.5 Å². The Morgan fingerprint density at radius 2 is 2.06 bits per heavy atom. The molecule has 0 aliphatic carbocycles. The Labute approximate surface area is 114 Å². The summed E-state index contributed by atoms with van der Waals surface area (Å²) < 4.78 is 13.7. The molecule has 94 valence electrons. The van der Waals surface area contributed by atoms with Gasteiger partial charge in [-0.15, -0.1) is 0 Å². The van der Waals surface area contributed by atoms with E-state index >= 15 is 0 Å². The number of nitrogens with zero attached hydrogens (tertiary/aromatic N) is 1. The third kappa shape index (κ3) is 3.57. The number of anilines is 1. The average Bonchev–Trinajstić information content (AvgIpc) is 2.74. The molecular formula is C12H15BrClFN2. The van der Waals surface area contributed by atoms with E-state index in [1.165, 1.54) is 38.1 Å². The van der Waals surface area contributed by atoms with Crippen molar-refractivity contribution in [1.29, 1.82) is 0 Å². The van der Waals surface area contributed by atoms with Crippen LogP contribution in [0.15, 0.2) is 16.6 Å². The summed E-state index contributed by atoms with van der Waals surface area (Å²) in [5.74, 6) is -0.327. The molecule has 0 aromatic heterocycles. The molecule has 0 amide bonds. The van der Waals surface area contributed by atoms with Crippen LogP contribution in [0.5, 0.6) is 0 Å². The van der Waals surface area contributed by atoms with E-state index < -0.39 is 0 Å². The van der Waals surface area contributed by atoms with E-state index in [4.69, 9.17) is 11.6 Å². The van der Waals surface area contributed by atoms with E-state index in [-0.39, 0.29) is 5.82 Å². The second kappa shape index (κ2) is 6.03. The number of hydrogen-bond donors (Lipinski definition) is 1. The van der Waals surface area contributed by atoms with Gasteiger partial charge in [0.1, 0.15) is 5.82 Å². The summed E-state index contributed by atoms with van der Waals surface area (Å²) in [6, 6.07) is 2.74. The van der Waals surface area contributed by atoms with Gasteiger partial charge in [0.05, 0.1) is 10.7 Å². The largest absolute Gasteiger partial charge is 0.382 e. The molecule has 1 aliphatic rings. The monoisotopic (exact) mass is 320 g/mol. The predicted octanol–water partition coefficient (Wildman–Crippen LogP) is 3.75. The van der Waals surface area contributed by atoms with Crippen LogP contribution in [0.3, 0.4) is 0 Å². The molecule has 1 fully saturated rings. The maximum Gasteiger partial charge on any atom is 0.125 e. The topological polar surface area (TPSA) is 15.3 Å². The Kier molecular flexibility index (Phi) is 4.65. The Morgan fingerprint density at radius 1 is 1.35 bits per heavy atom. The van der Waals surface area contributed by atoms with Crippen molar-refractivity contribution in [3.8, 4) is 0 Å². The van der Waals surface area contributed by atoms with Crippen LogP contribution in [0, 0.1) is 5.82 Å². The maximum atomic E-state index is 13.0. The lowest BCUT2D eigenvalue weighted by molar-refractivity contribution is 0.352. The van der Waals surface area contributed by atoms with Crippen molar-refractivity contribution in [2.24, 2.45) is 0 Å². The van der Waals surface area contributed by atoms with Gasteiger partial charge in [-0.1, -0.05) is 11.6 Å². The first-order valence-corrected chi connectivity index (χ1v) is 6.94. The average molecular weight is 322 g/mol. The summed E-state index contributed by atoms with van der Waals surface area (Å²) in [5, 5.41) is 3.66. The molecule has 1 aromatic rings. The van der Waals surface area contributed by atoms with Crippen LogP contribution in [-0.4, -0.2) is 31.1 Å². The molecule has 2 rings (SSSR count). The fourth-order valence-corrected chi connectivity index (χ4v) is 3.02. The van der Waals surface area contributed by atoms with Crippen LogP contribution in [0.2, 0.25) is 5.02 Å². The quantitative estimate of drug-likeness (QED) is 0.908. The smallest absolute Gasteiger partial charge is 0.125 e. The highest BCUT2D eigenvalue weighted by molar-refractivity contribution is 9.10. The van der Waals surface area contributed by atoms with Gasteiger partial charge in [-0.3, -0.25) is 0 Å². The van der Waals surface area contributed by atoms with Crippen molar-refractivity contribution in [2.75, 3.05) is 31.5 Å². The first-order chi connectivity index (χ1) is 8.16. The molecule has 0 spiro atoms. The molecule has 1 aromatic carbocycles. The molecule has 2 nitrogen and oxygen atoms in total. The highest BCUT2D eigenvalue weighted by Gasteiger charge is 2.12. The van der Waals surface area contributed by atoms with Crippen LogP contribution in [-0.2, 0) is 0 Å². The third-order valence-corrected chi connectivity index (χ3v) is 3.86. The minimum atomic E-state index is -0.327. The number of likely N-dealkylation sites (tertiary alicyclic amines) is 1. The number of halogens is 3. The minimum absolute atomic E-state index is 0.327. The third-order valence-electron chi connectivity index (χ3n) is 2.94. The summed E-state index contributed by atoms with van der Waals surface area (Å²) in [6.07, 6.45) is 2.59. The molecule has 1 aliphatic heterocycles. The van der Waals surface area contributed by atoms with Crippen LogP contribution in [0.25, 0.3) is 0 Å². The lowest BCUT2D eigenvalue weighted by atomic mass is 10.3. The normalized spacial score (nSPS) is 16.4. The molecule has 0 radical (unpaired) electrons. The van der Waals surface area contributed by atoms with Crippen molar-refractivity contribution >= 4 is 33.2 Å². The van der Waals surface area contributed by atoms with Gasteiger partial charge in [-0.05, 0) is 54.0 Å². The first-order valence-electron chi connectivity index (χ1n) is 5.77. The van der Waals surface area contributed by atoms with E-state index in [1.54, 1.807) is 0 Å². The molecule has 1 N–H and O–H groups in total. The van der Waals surface area contributed by atoms with Gasteiger partial charge in [0.15, 0.2) is 0 Å². The van der Waals surface area contributed by atoms with Crippen LogP contribution in [0.1, 0.15) is 12.8 Å².